The first-order valence-electron chi connectivity index (χ1n) is 9.12. The van der Waals surface area contributed by atoms with Gasteiger partial charge < -0.3 is 21.1 Å². The lowest BCUT2D eigenvalue weighted by molar-refractivity contribution is -0.128. The lowest BCUT2D eigenvalue weighted by Crippen LogP contribution is -2.53. The number of rotatable bonds is 6. The number of ether oxygens (including phenoxy) is 1. The lowest BCUT2D eigenvalue weighted by atomic mass is 10.0. The second-order valence-corrected chi connectivity index (χ2v) is 7.72. The molecule has 0 aliphatic heterocycles. The number of nitrogens with two attached hydrogens (primary N) is 1. The molecule has 0 spiro atoms. The molecule has 0 fully saturated rings. The van der Waals surface area contributed by atoms with Crippen LogP contribution in [0.3, 0.4) is 0 Å². The first-order chi connectivity index (χ1) is 13.0. The fourth-order valence-corrected chi connectivity index (χ4v) is 2.65. The van der Waals surface area contributed by atoms with Gasteiger partial charge in [-0.3, -0.25) is 9.59 Å². The Morgan fingerprint density at radius 2 is 1.68 bits per heavy atom. The Morgan fingerprint density at radius 1 is 1.04 bits per heavy atom. The summed E-state index contributed by atoms with van der Waals surface area (Å²) < 4.78 is 5.26. The van der Waals surface area contributed by atoms with Gasteiger partial charge in [0.25, 0.3) is 0 Å². The number of alkyl carbamates (subject to hydrolysis) is 1. The van der Waals surface area contributed by atoms with Crippen molar-refractivity contribution in [3.63, 3.8) is 0 Å². The zero-order valence-corrected chi connectivity index (χ0v) is 16.6. The molecular formula is C21H27N3O4. The highest BCUT2D eigenvalue weighted by Crippen LogP contribution is 2.17. The van der Waals surface area contributed by atoms with Gasteiger partial charge in [0.05, 0.1) is 0 Å². The lowest BCUT2D eigenvalue weighted by Gasteiger charge is -2.24. The fourth-order valence-electron chi connectivity index (χ4n) is 2.65. The minimum absolute atomic E-state index is 0.237. The molecule has 3 amide bonds. The van der Waals surface area contributed by atoms with Crippen molar-refractivity contribution in [2.45, 2.75) is 51.8 Å². The Kier molecular flexibility index (Phi) is 6.62. The maximum atomic E-state index is 12.6. The van der Waals surface area contributed by atoms with Crippen molar-refractivity contribution >= 4 is 28.7 Å². The summed E-state index contributed by atoms with van der Waals surface area (Å²) in [6.07, 6.45) is -0.471. The summed E-state index contributed by atoms with van der Waals surface area (Å²) in [5.41, 5.74) is 5.38. The molecule has 0 heterocycles. The molecule has 2 aromatic carbocycles. The van der Waals surface area contributed by atoms with Crippen molar-refractivity contribution in [1.82, 2.24) is 10.6 Å². The van der Waals surface area contributed by atoms with Gasteiger partial charge in [0.1, 0.15) is 17.7 Å². The summed E-state index contributed by atoms with van der Waals surface area (Å²) in [7, 11) is 0. The van der Waals surface area contributed by atoms with E-state index in [4.69, 9.17) is 10.5 Å². The molecule has 0 saturated carbocycles. The van der Waals surface area contributed by atoms with E-state index in [1.54, 1.807) is 20.8 Å². The molecule has 0 aromatic heterocycles. The van der Waals surface area contributed by atoms with Crippen LogP contribution in [0.5, 0.6) is 0 Å². The van der Waals surface area contributed by atoms with Crippen LogP contribution < -0.4 is 16.4 Å². The third-order valence-electron chi connectivity index (χ3n) is 4.05. The zero-order valence-electron chi connectivity index (χ0n) is 16.6. The van der Waals surface area contributed by atoms with Gasteiger partial charge in [-0.15, -0.1) is 0 Å². The Hall–Kier alpha value is -3.09. The van der Waals surface area contributed by atoms with E-state index >= 15 is 0 Å². The summed E-state index contributed by atoms with van der Waals surface area (Å²) in [5, 5.41) is 7.22. The maximum absolute atomic E-state index is 12.6. The van der Waals surface area contributed by atoms with Gasteiger partial charge in [-0.25, -0.2) is 4.79 Å². The molecule has 150 valence electrons. The molecule has 2 rings (SSSR count). The van der Waals surface area contributed by atoms with E-state index in [9.17, 15) is 14.4 Å². The van der Waals surface area contributed by atoms with E-state index in [0.29, 0.717) is 0 Å². The minimum atomic E-state index is -0.919. The number of carbonyl (C=O) groups is 3. The highest BCUT2D eigenvalue weighted by molar-refractivity contribution is 5.91. The topological polar surface area (TPSA) is 111 Å². The van der Waals surface area contributed by atoms with Crippen molar-refractivity contribution in [1.29, 1.82) is 0 Å². The molecule has 0 saturated heterocycles. The van der Waals surface area contributed by atoms with Crippen LogP contribution in [-0.2, 0) is 20.7 Å². The Labute approximate surface area is 164 Å². The summed E-state index contributed by atoms with van der Waals surface area (Å²) in [5.74, 6) is -1.17. The van der Waals surface area contributed by atoms with Crippen molar-refractivity contribution in [3.8, 4) is 0 Å². The third kappa shape index (κ3) is 6.26. The van der Waals surface area contributed by atoms with E-state index in [-0.39, 0.29) is 6.42 Å². The molecular weight excluding hydrogens is 358 g/mol. The first-order valence-corrected chi connectivity index (χ1v) is 9.12. The van der Waals surface area contributed by atoms with E-state index in [1.165, 1.54) is 6.92 Å². The maximum Gasteiger partial charge on any atom is 0.408 e. The van der Waals surface area contributed by atoms with Crippen LogP contribution >= 0.6 is 0 Å². The summed E-state index contributed by atoms with van der Waals surface area (Å²) in [6.45, 7) is 6.70. The molecule has 7 nitrogen and oxygen atoms in total. The van der Waals surface area contributed by atoms with Crippen molar-refractivity contribution in [2.24, 2.45) is 5.73 Å². The second-order valence-electron chi connectivity index (χ2n) is 7.72. The van der Waals surface area contributed by atoms with Crippen molar-refractivity contribution in [3.05, 3.63) is 48.0 Å². The van der Waals surface area contributed by atoms with Crippen molar-refractivity contribution in [2.75, 3.05) is 0 Å². The van der Waals surface area contributed by atoms with E-state index < -0.39 is 35.6 Å². The number of nitrogens with one attached hydrogen (secondary N) is 2. The van der Waals surface area contributed by atoms with Crippen LogP contribution in [0.25, 0.3) is 10.8 Å². The zero-order chi connectivity index (χ0) is 20.9. The van der Waals surface area contributed by atoms with Gasteiger partial charge in [0, 0.05) is 6.42 Å². The molecule has 0 aliphatic carbocycles. The number of carbonyl (C=O) groups excluding carboxylic acids is 3. The quantitative estimate of drug-likeness (QED) is 0.708. The third-order valence-corrected chi connectivity index (χ3v) is 4.05. The normalized spacial score (nSPS) is 13.4. The SMILES string of the molecule is CC(NC(=O)C(Cc1ccc2ccccc2c1)NC(=O)OC(C)(C)C)C(N)=O. The molecule has 0 bridgehead atoms. The number of hydrogen-bond acceptors (Lipinski definition) is 4. The van der Waals surface area contributed by atoms with Gasteiger partial charge >= 0.3 is 6.09 Å². The Bertz CT molecular complexity index is 873. The van der Waals surface area contributed by atoms with Gasteiger partial charge in [0.15, 0.2) is 0 Å². The Morgan fingerprint density at radius 3 is 2.29 bits per heavy atom. The fraction of sp³-hybridized carbons (Fsp3) is 0.381. The smallest absolute Gasteiger partial charge is 0.408 e. The number of amides is 3. The largest absolute Gasteiger partial charge is 0.444 e. The van der Waals surface area contributed by atoms with Crippen LogP contribution in [0.4, 0.5) is 4.79 Å². The van der Waals surface area contributed by atoms with Gasteiger partial charge in [-0.1, -0.05) is 42.5 Å². The molecule has 28 heavy (non-hydrogen) atoms. The molecule has 2 unspecified atom stereocenters. The molecule has 0 radical (unpaired) electrons. The van der Waals surface area contributed by atoms with Gasteiger partial charge in [-0.05, 0) is 44.0 Å². The summed E-state index contributed by atoms with van der Waals surface area (Å²) in [6, 6.07) is 11.9. The number of hydrogen-bond donors (Lipinski definition) is 3. The molecule has 2 atom stereocenters. The number of primary amides is 1. The van der Waals surface area contributed by atoms with Crippen LogP contribution in [0, 0.1) is 0 Å². The predicted octanol–water partition coefficient (Wildman–Crippen LogP) is 2.27. The van der Waals surface area contributed by atoms with Crippen LogP contribution in [-0.4, -0.2) is 35.6 Å². The van der Waals surface area contributed by atoms with E-state index in [2.05, 4.69) is 10.6 Å². The highest BCUT2D eigenvalue weighted by Gasteiger charge is 2.26. The molecule has 2 aromatic rings. The van der Waals surface area contributed by atoms with Gasteiger partial charge in [-0.2, -0.15) is 0 Å². The number of fused-ring (bicyclic) bond motifs is 1. The standard InChI is InChI=1S/C21H27N3O4/c1-13(18(22)25)23-19(26)17(24-20(27)28-21(2,3)4)12-14-9-10-15-7-5-6-8-16(15)11-14/h5-11,13,17H,12H2,1-4H3,(H2,22,25)(H,23,26)(H,24,27). The Balaban J connectivity index is 2.21. The van der Waals surface area contributed by atoms with Crippen LogP contribution in [0.15, 0.2) is 42.5 Å². The van der Waals surface area contributed by atoms with E-state index in [0.717, 1.165) is 16.3 Å². The van der Waals surface area contributed by atoms with Crippen molar-refractivity contribution < 1.29 is 19.1 Å². The van der Waals surface area contributed by atoms with Crippen LogP contribution in [0.2, 0.25) is 0 Å². The predicted molar refractivity (Wildman–Crippen MR) is 108 cm³/mol. The molecule has 0 aliphatic rings. The summed E-state index contributed by atoms with van der Waals surface area (Å²) in [4.78, 5) is 36.1. The summed E-state index contributed by atoms with van der Waals surface area (Å²) >= 11 is 0. The molecule has 4 N–H and O–H groups in total. The average Bonchev–Trinajstić information content (AvgIpc) is 2.59. The van der Waals surface area contributed by atoms with Gasteiger partial charge in [0.2, 0.25) is 11.8 Å². The minimum Gasteiger partial charge on any atom is -0.444 e. The average molecular weight is 385 g/mol. The monoisotopic (exact) mass is 385 g/mol. The second kappa shape index (κ2) is 8.73. The first kappa shape index (κ1) is 21.2. The highest BCUT2D eigenvalue weighted by atomic mass is 16.6. The number of benzene rings is 2. The van der Waals surface area contributed by atoms with Crippen LogP contribution in [0.1, 0.15) is 33.3 Å². The van der Waals surface area contributed by atoms with E-state index in [1.807, 2.05) is 42.5 Å². The molecule has 7 heteroatoms.